The van der Waals surface area contributed by atoms with E-state index in [1.54, 1.807) is 31.3 Å². The Hall–Kier alpha value is -3.19. The van der Waals surface area contributed by atoms with Gasteiger partial charge >= 0.3 is 0 Å². The minimum Gasteiger partial charge on any atom is -0.329 e. The van der Waals surface area contributed by atoms with Crippen molar-refractivity contribution >= 4 is 29.1 Å². The minimum atomic E-state index is -0.880. The second-order valence-corrected chi connectivity index (χ2v) is 8.16. The van der Waals surface area contributed by atoms with Gasteiger partial charge in [-0.05, 0) is 36.6 Å². The molecule has 0 saturated carbocycles. The molecule has 2 atom stereocenters. The van der Waals surface area contributed by atoms with Gasteiger partial charge in [0.25, 0.3) is 5.91 Å². The first kappa shape index (κ1) is 18.8. The number of nitrogens with zero attached hydrogens (tertiary/aromatic N) is 4. The predicted octanol–water partition coefficient (Wildman–Crippen LogP) is 3.25. The van der Waals surface area contributed by atoms with Gasteiger partial charge in [-0.15, -0.1) is 0 Å². The van der Waals surface area contributed by atoms with E-state index in [4.69, 9.17) is 11.6 Å². The van der Waals surface area contributed by atoms with E-state index in [-0.39, 0.29) is 11.8 Å². The molecule has 0 radical (unpaired) electrons. The number of rotatable bonds is 2. The lowest BCUT2D eigenvalue weighted by atomic mass is 9.73. The predicted molar refractivity (Wildman–Crippen MR) is 112 cm³/mol. The van der Waals surface area contributed by atoms with Crippen LogP contribution in [0.4, 0.5) is 5.69 Å². The van der Waals surface area contributed by atoms with Crippen molar-refractivity contribution in [3.63, 3.8) is 0 Å². The lowest BCUT2D eigenvalue weighted by Crippen LogP contribution is -2.43. The van der Waals surface area contributed by atoms with Crippen molar-refractivity contribution in [2.24, 2.45) is 7.05 Å². The van der Waals surface area contributed by atoms with E-state index in [1.807, 2.05) is 36.4 Å². The molecule has 5 rings (SSSR count). The van der Waals surface area contributed by atoms with E-state index in [9.17, 15) is 9.59 Å². The number of hydrogen-bond acceptors (Lipinski definition) is 4. The maximum Gasteiger partial charge on any atom is 0.274 e. The number of para-hydroxylation sites is 1. The zero-order valence-electron chi connectivity index (χ0n) is 16.6. The fourth-order valence-corrected chi connectivity index (χ4v) is 5.15. The van der Waals surface area contributed by atoms with Crippen molar-refractivity contribution < 1.29 is 9.59 Å². The highest BCUT2D eigenvalue weighted by atomic mass is 35.5. The number of pyridine rings is 1. The number of anilines is 1. The number of nitrogens with one attached hydrogen (secondary N) is 1. The molecule has 30 heavy (non-hydrogen) atoms. The van der Waals surface area contributed by atoms with Crippen LogP contribution in [0.3, 0.4) is 0 Å². The quantitative estimate of drug-likeness (QED) is 0.688. The molecule has 1 aromatic carbocycles. The molecule has 152 valence electrons. The zero-order chi connectivity index (χ0) is 21.0. The van der Waals surface area contributed by atoms with Crippen molar-refractivity contribution in [1.82, 2.24) is 19.7 Å². The summed E-state index contributed by atoms with van der Waals surface area (Å²) in [7, 11) is 1.70. The topological polar surface area (TPSA) is 80.1 Å². The normalized spacial score (nSPS) is 22.4. The number of carbonyl (C=O) groups excluding carboxylic acids is 2. The Labute approximate surface area is 178 Å². The molecule has 7 nitrogen and oxygen atoms in total. The van der Waals surface area contributed by atoms with Gasteiger partial charge < -0.3 is 10.2 Å². The summed E-state index contributed by atoms with van der Waals surface area (Å²) in [5.41, 5.74) is 2.55. The summed E-state index contributed by atoms with van der Waals surface area (Å²) in [6, 6.07) is 10.9. The van der Waals surface area contributed by atoms with Gasteiger partial charge in [-0.2, -0.15) is 5.10 Å². The minimum absolute atomic E-state index is 0.0971. The molecule has 1 saturated heterocycles. The Balaban J connectivity index is 1.69. The summed E-state index contributed by atoms with van der Waals surface area (Å²) < 4.78 is 1.51. The molecule has 4 heterocycles. The van der Waals surface area contributed by atoms with Crippen molar-refractivity contribution in [1.29, 1.82) is 0 Å². The standard InChI is InChI=1S/C22H20ClN5O2/c1-13-17(23)18(27(2)26-13)20(29)28-11-9-22(19(28)14-6-5-10-24-12-14)15-7-3-4-8-16(15)25-21(22)30/h3-8,10,12,19H,9,11H2,1-2H3,(H,25,30). The van der Waals surface area contributed by atoms with Crippen LogP contribution in [0.5, 0.6) is 0 Å². The second-order valence-electron chi connectivity index (χ2n) is 7.78. The van der Waals surface area contributed by atoms with Crippen LogP contribution >= 0.6 is 11.6 Å². The average Bonchev–Trinajstić information content (AvgIpc) is 3.36. The molecule has 8 heteroatoms. The molecule has 1 N–H and O–H groups in total. The summed E-state index contributed by atoms with van der Waals surface area (Å²) in [4.78, 5) is 33.0. The third-order valence-electron chi connectivity index (χ3n) is 6.20. The van der Waals surface area contributed by atoms with Gasteiger partial charge in [0.2, 0.25) is 5.91 Å². The van der Waals surface area contributed by atoms with Gasteiger partial charge in [-0.3, -0.25) is 19.3 Å². The molecule has 3 aromatic rings. The molecular weight excluding hydrogens is 402 g/mol. The van der Waals surface area contributed by atoms with Gasteiger partial charge in [-0.1, -0.05) is 35.9 Å². The van der Waals surface area contributed by atoms with Crippen LogP contribution in [0.25, 0.3) is 0 Å². The van der Waals surface area contributed by atoms with E-state index < -0.39 is 11.5 Å². The average molecular weight is 422 g/mol. The van der Waals surface area contributed by atoms with Crippen LogP contribution in [0.2, 0.25) is 5.02 Å². The third kappa shape index (κ3) is 2.45. The van der Waals surface area contributed by atoms with Crippen molar-refractivity contribution in [2.45, 2.75) is 24.8 Å². The number of fused-ring (bicyclic) bond motifs is 2. The van der Waals surface area contributed by atoms with Gasteiger partial charge in [-0.25, -0.2) is 0 Å². The summed E-state index contributed by atoms with van der Waals surface area (Å²) in [6.45, 7) is 2.19. The maximum absolute atomic E-state index is 13.7. The van der Waals surface area contributed by atoms with E-state index in [0.29, 0.717) is 29.4 Å². The molecule has 1 fully saturated rings. The van der Waals surface area contributed by atoms with Crippen molar-refractivity contribution in [3.05, 3.63) is 76.3 Å². The van der Waals surface area contributed by atoms with Crippen molar-refractivity contribution in [2.75, 3.05) is 11.9 Å². The Bertz CT molecular complexity index is 1180. The molecule has 2 amide bonds. The molecule has 2 unspecified atom stereocenters. The largest absolute Gasteiger partial charge is 0.329 e. The monoisotopic (exact) mass is 421 g/mol. The van der Waals surface area contributed by atoms with Crippen LogP contribution < -0.4 is 5.32 Å². The molecule has 0 aliphatic carbocycles. The summed E-state index contributed by atoms with van der Waals surface area (Å²) in [6.07, 6.45) is 3.92. The molecule has 2 aromatic heterocycles. The van der Waals surface area contributed by atoms with Gasteiger partial charge in [0.05, 0.1) is 16.8 Å². The molecule has 0 bridgehead atoms. The lowest BCUT2D eigenvalue weighted by Gasteiger charge is -2.34. The Morgan fingerprint density at radius 1 is 1.27 bits per heavy atom. The molecule has 2 aliphatic heterocycles. The SMILES string of the molecule is Cc1nn(C)c(C(=O)N2CCC3(C(=O)Nc4ccccc43)C2c2cccnc2)c1Cl. The summed E-state index contributed by atoms with van der Waals surface area (Å²) in [5, 5.41) is 7.64. The number of carbonyl (C=O) groups is 2. The number of halogens is 1. The lowest BCUT2D eigenvalue weighted by molar-refractivity contribution is -0.121. The summed E-state index contributed by atoms with van der Waals surface area (Å²) >= 11 is 6.42. The fourth-order valence-electron chi connectivity index (χ4n) is 4.91. The molecule has 1 spiro atoms. The Morgan fingerprint density at radius 3 is 2.77 bits per heavy atom. The number of amides is 2. The highest BCUT2D eigenvalue weighted by Crippen LogP contribution is 2.54. The highest BCUT2D eigenvalue weighted by Gasteiger charge is 2.59. The number of benzene rings is 1. The summed E-state index contributed by atoms with van der Waals surface area (Å²) in [5.74, 6) is -0.342. The van der Waals surface area contributed by atoms with Crippen LogP contribution in [-0.4, -0.2) is 38.0 Å². The number of likely N-dealkylation sites (tertiary alicyclic amines) is 1. The number of aromatic nitrogens is 3. The van der Waals surface area contributed by atoms with E-state index in [0.717, 1.165) is 16.8 Å². The van der Waals surface area contributed by atoms with E-state index in [1.165, 1.54) is 4.68 Å². The van der Waals surface area contributed by atoms with Gasteiger partial charge in [0.15, 0.2) is 0 Å². The second kappa shape index (κ2) is 6.67. The zero-order valence-corrected chi connectivity index (χ0v) is 17.3. The first-order valence-electron chi connectivity index (χ1n) is 9.76. The highest BCUT2D eigenvalue weighted by molar-refractivity contribution is 6.34. The molecule has 2 aliphatic rings. The third-order valence-corrected chi connectivity index (χ3v) is 6.65. The first-order chi connectivity index (χ1) is 14.4. The fraction of sp³-hybridized carbons (Fsp3) is 0.273. The van der Waals surface area contributed by atoms with E-state index in [2.05, 4.69) is 15.4 Å². The first-order valence-corrected chi connectivity index (χ1v) is 10.1. The van der Waals surface area contributed by atoms with Crippen molar-refractivity contribution in [3.8, 4) is 0 Å². The van der Waals surface area contributed by atoms with Crippen LogP contribution in [0, 0.1) is 6.92 Å². The van der Waals surface area contributed by atoms with Gasteiger partial charge in [0, 0.05) is 31.7 Å². The van der Waals surface area contributed by atoms with Gasteiger partial charge in [0.1, 0.15) is 11.1 Å². The van der Waals surface area contributed by atoms with Crippen LogP contribution in [-0.2, 0) is 17.3 Å². The van der Waals surface area contributed by atoms with Crippen LogP contribution in [0.15, 0.2) is 48.8 Å². The number of aryl methyl sites for hydroxylation is 2. The Kier molecular flexibility index (Phi) is 4.18. The maximum atomic E-state index is 13.7. The smallest absolute Gasteiger partial charge is 0.274 e. The van der Waals surface area contributed by atoms with Crippen LogP contribution in [0.1, 0.15) is 39.8 Å². The number of hydrogen-bond donors (Lipinski definition) is 1. The Morgan fingerprint density at radius 2 is 2.07 bits per heavy atom. The van der Waals surface area contributed by atoms with E-state index >= 15 is 0 Å². The molecular formula is C22H20ClN5O2.